The van der Waals surface area contributed by atoms with Crippen LogP contribution in [-0.4, -0.2) is 29.1 Å². The molecule has 118 valence electrons. The lowest BCUT2D eigenvalue weighted by Crippen LogP contribution is -2.30. The van der Waals surface area contributed by atoms with E-state index in [2.05, 4.69) is 17.2 Å². The molecule has 0 saturated heterocycles. The minimum absolute atomic E-state index is 0.102. The number of hydrogen-bond acceptors (Lipinski definition) is 3. The molecule has 0 bridgehead atoms. The van der Waals surface area contributed by atoms with Crippen molar-refractivity contribution in [2.75, 3.05) is 13.2 Å². The fourth-order valence-corrected chi connectivity index (χ4v) is 2.60. The highest BCUT2D eigenvalue weighted by Crippen LogP contribution is 2.18. The molecule has 2 rings (SSSR count). The van der Waals surface area contributed by atoms with E-state index >= 15 is 0 Å². The average molecular weight is 304 g/mol. The summed E-state index contributed by atoms with van der Waals surface area (Å²) in [5.41, 5.74) is 0.741. The van der Waals surface area contributed by atoms with Crippen LogP contribution in [0.3, 0.4) is 0 Å². The van der Waals surface area contributed by atoms with Crippen LogP contribution in [0.15, 0.2) is 30.5 Å². The lowest BCUT2D eigenvalue weighted by atomic mass is 10.00. The molecular formula is C17H21FN2O2. The fourth-order valence-electron chi connectivity index (χ4n) is 2.60. The first-order valence-corrected chi connectivity index (χ1v) is 7.59. The van der Waals surface area contributed by atoms with Gasteiger partial charge >= 0.3 is 0 Å². The van der Waals surface area contributed by atoms with E-state index in [0.717, 1.165) is 12.8 Å². The molecule has 0 aliphatic heterocycles. The van der Waals surface area contributed by atoms with Gasteiger partial charge in [0.1, 0.15) is 5.82 Å². The molecule has 0 aliphatic carbocycles. The van der Waals surface area contributed by atoms with E-state index in [4.69, 9.17) is 5.11 Å². The van der Waals surface area contributed by atoms with Crippen LogP contribution in [0.25, 0.3) is 10.9 Å². The number of aliphatic hydroxyl groups is 1. The molecule has 0 spiro atoms. The van der Waals surface area contributed by atoms with Gasteiger partial charge in [0.2, 0.25) is 0 Å². The normalized spacial score (nSPS) is 12.3. The highest BCUT2D eigenvalue weighted by Gasteiger charge is 2.15. The van der Waals surface area contributed by atoms with Crippen LogP contribution in [0.5, 0.6) is 0 Å². The summed E-state index contributed by atoms with van der Waals surface area (Å²) in [7, 11) is 0. The maximum atomic E-state index is 13.7. The van der Waals surface area contributed by atoms with Crippen LogP contribution in [-0.2, 0) is 0 Å². The maximum absolute atomic E-state index is 13.7. The molecule has 1 heterocycles. The molecule has 1 atom stereocenters. The molecule has 1 aromatic carbocycles. The largest absolute Gasteiger partial charge is 0.396 e. The van der Waals surface area contributed by atoms with Crippen molar-refractivity contribution in [2.24, 2.45) is 5.92 Å². The van der Waals surface area contributed by atoms with Crippen molar-refractivity contribution in [2.45, 2.75) is 26.2 Å². The van der Waals surface area contributed by atoms with Gasteiger partial charge in [0.25, 0.3) is 5.91 Å². The van der Waals surface area contributed by atoms with Gasteiger partial charge in [-0.25, -0.2) is 4.39 Å². The molecule has 22 heavy (non-hydrogen) atoms. The van der Waals surface area contributed by atoms with Crippen LogP contribution in [0.2, 0.25) is 0 Å². The number of benzene rings is 1. The summed E-state index contributed by atoms with van der Waals surface area (Å²) in [5.74, 6) is -0.555. The highest BCUT2D eigenvalue weighted by atomic mass is 19.1. The first-order valence-electron chi connectivity index (χ1n) is 7.59. The number of aliphatic hydroxyl groups excluding tert-OH is 1. The number of fused-ring (bicyclic) bond motifs is 1. The van der Waals surface area contributed by atoms with Gasteiger partial charge in [0, 0.05) is 24.7 Å². The van der Waals surface area contributed by atoms with E-state index in [9.17, 15) is 9.18 Å². The third kappa shape index (κ3) is 4.01. The lowest BCUT2D eigenvalue weighted by Gasteiger charge is -2.16. The number of nitrogens with zero attached hydrogens (tertiary/aromatic N) is 1. The topological polar surface area (TPSA) is 62.2 Å². The van der Waals surface area contributed by atoms with Gasteiger partial charge in [-0.15, -0.1) is 0 Å². The SMILES string of the molecule is CCCC(CCO)CNC(=O)c1cc(F)cc2cccnc12. The number of hydrogen-bond donors (Lipinski definition) is 2. The standard InChI is InChI=1S/C17H21FN2O2/c1-2-4-12(6-8-21)11-20-17(22)15-10-14(18)9-13-5-3-7-19-16(13)15/h3,5,7,9-10,12,21H,2,4,6,8,11H2,1H3,(H,20,22). The Morgan fingerprint density at radius 1 is 1.41 bits per heavy atom. The van der Waals surface area contributed by atoms with Crippen molar-refractivity contribution >= 4 is 16.8 Å². The minimum Gasteiger partial charge on any atom is -0.396 e. The van der Waals surface area contributed by atoms with Gasteiger partial charge in [-0.1, -0.05) is 19.4 Å². The zero-order valence-electron chi connectivity index (χ0n) is 12.7. The van der Waals surface area contributed by atoms with Gasteiger partial charge in [0.05, 0.1) is 11.1 Å². The summed E-state index contributed by atoms with van der Waals surface area (Å²) in [5, 5.41) is 12.5. The van der Waals surface area contributed by atoms with Crippen LogP contribution in [0.1, 0.15) is 36.5 Å². The Labute approximate surface area is 129 Å². The smallest absolute Gasteiger partial charge is 0.253 e. The number of carbonyl (C=O) groups is 1. The van der Waals surface area contributed by atoms with E-state index in [1.807, 2.05) is 0 Å². The Hall–Kier alpha value is -2.01. The van der Waals surface area contributed by atoms with Crippen molar-refractivity contribution < 1.29 is 14.3 Å². The molecule has 2 aromatic rings. The monoisotopic (exact) mass is 304 g/mol. The van der Waals surface area contributed by atoms with E-state index in [-0.39, 0.29) is 24.0 Å². The number of rotatable bonds is 7. The second kappa shape index (κ2) is 7.84. The Morgan fingerprint density at radius 3 is 2.95 bits per heavy atom. The van der Waals surface area contributed by atoms with Crippen LogP contribution < -0.4 is 5.32 Å². The third-order valence-corrected chi connectivity index (χ3v) is 3.70. The van der Waals surface area contributed by atoms with Gasteiger partial charge in [-0.05, 0) is 37.0 Å². The number of nitrogens with one attached hydrogen (secondary N) is 1. The fraction of sp³-hybridized carbons (Fsp3) is 0.412. The predicted molar refractivity (Wildman–Crippen MR) is 84.1 cm³/mol. The zero-order valence-corrected chi connectivity index (χ0v) is 12.7. The molecule has 1 aromatic heterocycles. The van der Waals surface area contributed by atoms with Crippen molar-refractivity contribution in [3.05, 3.63) is 41.8 Å². The van der Waals surface area contributed by atoms with Gasteiger partial charge in [-0.2, -0.15) is 0 Å². The maximum Gasteiger partial charge on any atom is 0.253 e. The Balaban J connectivity index is 2.15. The highest BCUT2D eigenvalue weighted by molar-refractivity contribution is 6.05. The number of carbonyl (C=O) groups excluding carboxylic acids is 1. The molecule has 5 heteroatoms. The Bertz CT molecular complexity index is 640. The first-order chi connectivity index (χ1) is 10.7. The van der Waals surface area contributed by atoms with Gasteiger partial charge in [-0.3, -0.25) is 9.78 Å². The van der Waals surface area contributed by atoms with Gasteiger partial charge in [0.15, 0.2) is 0 Å². The van der Waals surface area contributed by atoms with Crippen molar-refractivity contribution in [1.82, 2.24) is 10.3 Å². The minimum atomic E-state index is -0.453. The summed E-state index contributed by atoms with van der Waals surface area (Å²) >= 11 is 0. The second-order valence-electron chi connectivity index (χ2n) is 5.41. The Kier molecular flexibility index (Phi) is 5.83. The van der Waals surface area contributed by atoms with E-state index in [1.54, 1.807) is 18.3 Å². The molecule has 4 nitrogen and oxygen atoms in total. The number of halogens is 1. The van der Waals surface area contributed by atoms with Crippen LogP contribution >= 0.6 is 0 Å². The molecule has 0 radical (unpaired) electrons. The summed E-state index contributed by atoms with van der Waals surface area (Å²) in [4.78, 5) is 16.5. The molecule has 1 amide bonds. The molecular weight excluding hydrogens is 283 g/mol. The van der Waals surface area contributed by atoms with Crippen molar-refractivity contribution in [3.63, 3.8) is 0 Å². The quantitative estimate of drug-likeness (QED) is 0.827. The Morgan fingerprint density at radius 2 is 2.23 bits per heavy atom. The van der Waals surface area contributed by atoms with Crippen molar-refractivity contribution in [3.8, 4) is 0 Å². The number of amides is 1. The number of aromatic nitrogens is 1. The third-order valence-electron chi connectivity index (χ3n) is 3.70. The molecule has 0 saturated carbocycles. The van der Waals surface area contributed by atoms with E-state index < -0.39 is 5.82 Å². The van der Waals surface area contributed by atoms with Gasteiger partial charge < -0.3 is 10.4 Å². The lowest BCUT2D eigenvalue weighted by molar-refractivity contribution is 0.0944. The molecule has 2 N–H and O–H groups in total. The van der Waals surface area contributed by atoms with Crippen LogP contribution in [0.4, 0.5) is 4.39 Å². The number of pyridine rings is 1. The van der Waals surface area contributed by atoms with E-state index in [1.165, 1.54) is 12.1 Å². The molecule has 0 aliphatic rings. The first kappa shape index (κ1) is 16.4. The molecule has 1 unspecified atom stereocenters. The second-order valence-corrected chi connectivity index (χ2v) is 5.41. The zero-order chi connectivity index (χ0) is 15.9. The average Bonchev–Trinajstić information content (AvgIpc) is 2.52. The van der Waals surface area contributed by atoms with Crippen LogP contribution in [0, 0.1) is 11.7 Å². The van der Waals surface area contributed by atoms with Crippen molar-refractivity contribution in [1.29, 1.82) is 0 Å². The van der Waals surface area contributed by atoms with E-state index in [0.29, 0.717) is 23.9 Å². The predicted octanol–water partition coefficient (Wildman–Crippen LogP) is 2.90. The summed E-state index contributed by atoms with van der Waals surface area (Å²) in [6.45, 7) is 2.64. The summed E-state index contributed by atoms with van der Waals surface area (Å²) < 4.78 is 13.7. The summed E-state index contributed by atoms with van der Waals surface area (Å²) in [6, 6.07) is 6.02. The summed E-state index contributed by atoms with van der Waals surface area (Å²) in [6.07, 6.45) is 4.16. The molecule has 0 fully saturated rings.